The van der Waals surface area contributed by atoms with Crippen LogP contribution in [0.5, 0.6) is 0 Å². The van der Waals surface area contributed by atoms with Gasteiger partial charge >= 0.3 is 6.18 Å². The van der Waals surface area contributed by atoms with E-state index >= 15 is 0 Å². The van der Waals surface area contributed by atoms with E-state index in [0.29, 0.717) is 11.3 Å². The number of allylic oxidation sites excluding steroid dienone is 4. The predicted molar refractivity (Wildman–Crippen MR) is 101 cm³/mol. The lowest BCUT2D eigenvalue weighted by molar-refractivity contribution is -0.140. The molecule has 0 N–H and O–H groups in total. The molecule has 2 aromatic rings. The molecule has 0 bridgehead atoms. The van der Waals surface area contributed by atoms with Crippen molar-refractivity contribution in [2.24, 2.45) is 0 Å². The van der Waals surface area contributed by atoms with Gasteiger partial charge in [0.05, 0.1) is 4.90 Å². The Kier molecular flexibility index (Phi) is 7.36. The lowest BCUT2D eigenvalue weighted by Crippen LogP contribution is -2.05. The molecule has 0 aliphatic rings. The third kappa shape index (κ3) is 5.43. The number of alkyl halides is 3. The van der Waals surface area contributed by atoms with Gasteiger partial charge in [-0.2, -0.15) is 13.2 Å². The maximum Gasteiger partial charge on any atom is 0.434 e. The summed E-state index contributed by atoms with van der Waals surface area (Å²) in [6.07, 6.45) is 1.55. The molecule has 0 spiro atoms. The van der Waals surface area contributed by atoms with Gasteiger partial charge in [-0.25, -0.2) is 13.4 Å². The fraction of sp³-hybridized carbons (Fsp3) is 0.211. The highest BCUT2D eigenvalue weighted by atomic mass is 32.2. The summed E-state index contributed by atoms with van der Waals surface area (Å²) < 4.78 is 63.4. The molecule has 1 aromatic carbocycles. The zero-order chi connectivity index (χ0) is 20.8. The SMILES string of the molecule is C=C/C=C(\C=C)c1nc(C(F)(F)F)cn1-c1ccc(S(C)(=O)=O)cc1.CC. The first-order chi connectivity index (χ1) is 12.6. The first-order valence-electron chi connectivity index (χ1n) is 8.00. The Labute approximate surface area is 157 Å². The highest BCUT2D eigenvalue weighted by Gasteiger charge is 2.35. The van der Waals surface area contributed by atoms with Gasteiger partial charge in [0, 0.05) is 23.7 Å². The molecular formula is C19H21F3N2O2S. The van der Waals surface area contributed by atoms with Crippen LogP contribution in [-0.2, 0) is 16.0 Å². The van der Waals surface area contributed by atoms with Crippen LogP contribution in [0.1, 0.15) is 25.4 Å². The zero-order valence-corrected chi connectivity index (χ0v) is 16.1. The maximum atomic E-state index is 13.0. The van der Waals surface area contributed by atoms with Gasteiger partial charge in [-0.1, -0.05) is 45.2 Å². The molecule has 1 aromatic heterocycles. The predicted octanol–water partition coefficient (Wildman–Crippen LogP) is 5.08. The monoisotopic (exact) mass is 398 g/mol. The van der Waals surface area contributed by atoms with Crippen LogP contribution >= 0.6 is 0 Å². The number of aromatic nitrogens is 2. The molecule has 0 aliphatic carbocycles. The van der Waals surface area contributed by atoms with E-state index in [1.54, 1.807) is 0 Å². The van der Waals surface area contributed by atoms with E-state index < -0.39 is 21.7 Å². The molecular weight excluding hydrogens is 377 g/mol. The molecule has 27 heavy (non-hydrogen) atoms. The van der Waals surface area contributed by atoms with Crippen LogP contribution < -0.4 is 0 Å². The molecule has 0 saturated heterocycles. The highest BCUT2D eigenvalue weighted by Crippen LogP contribution is 2.31. The number of sulfone groups is 1. The third-order valence-electron chi connectivity index (χ3n) is 3.31. The van der Waals surface area contributed by atoms with Crippen molar-refractivity contribution in [3.05, 3.63) is 73.4 Å². The van der Waals surface area contributed by atoms with Crippen LogP contribution in [0.15, 0.2) is 66.7 Å². The lowest BCUT2D eigenvalue weighted by Gasteiger charge is -2.09. The molecule has 0 aliphatic heterocycles. The third-order valence-corrected chi connectivity index (χ3v) is 4.44. The summed E-state index contributed by atoms with van der Waals surface area (Å²) in [5, 5.41) is 0. The summed E-state index contributed by atoms with van der Waals surface area (Å²) >= 11 is 0. The second-order valence-corrected chi connectivity index (χ2v) is 7.16. The number of imidazole rings is 1. The second kappa shape index (κ2) is 8.85. The fourth-order valence-electron chi connectivity index (χ4n) is 2.13. The quantitative estimate of drug-likeness (QED) is 0.660. The van der Waals surface area contributed by atoms with Crippen molar-refractivity contribution in [1.29, 1.82) is 0 Å². The molecule has 0 unspecified atom stereocenters. The van der Waals surface area contributed by atoms with Crippen LogP contribution in [0, 0.1) is 0 Å². The van der Waals surface area contributed by atoms with Crippen LogP contribution in [-0.4, -0.2) is 24.2 Å². The minimum absolute atomic E-state index is 0.0225. The Balaban J connectivity index is 0.00000176. The maximum absolute atomic E-state index is 13.0. The molecule has 2 rings (SSSR count). The zero-order valence-electron chi connectivity index (χ0n) is 15.3. The molecule has 146 valence electrons. The number of benzene rings is 1. The highest BCUT2D eigenvalue weighted by molar-refractivity contribution is 7.90. The van der Waals surface area contributed by atoms with E-state index in [4.69, 9.17) is 0 Å². The summed E-state index contributed by atoms with van der Waals surface area (Å²) in [6, 6.07) is 5.48. The smallest absolute Gasteiger partial charge is 0.299 e. The Hall–Kier alpha value is -2.61. The van der Waals surface area contributed by atoms with E-state index in [1.807, 2.05) is 13.8 Å². The Morgan fingerprint density at radius 2 is 1.70 bits per heavy atom. The van der Waals surface area contributed by atoms with Crippen molar-refractivity contribution < 1.29 is 21.6 Å². The molecule has 0 radical (unpaired) electrons. The number of halogens is 3. The van der Waals surface area contributed by atoms with Crippen molar-refractivity contribution >= 4 is 15.4 Å². The van der Waals surface area contributed by atoms with E-state index in [9.17, 15) is 21.6 Å². The summed E-state index contributed by atoms with van der Waals surface area (Å²) in [6.45, 7) is 11.1. The number of hydrogen-bond donors (Lipinski definition) is 0. The number of rotatable bonds is 5. The van der Waals surface area contributed by atoms with Gasteiger partial charge in [0.2, 0.25) is 0 Å². The summed E-state index contributed by atoms with van der Waals surface area (Å²) in [4.78, 5) is 3.72. The van der Waals surface area contributed by atoms with E-state index in [-0.39, 0.29) is 10.7 Å². The molecule has 0 saturated carbocycles. The first kappa shape index (κ1) is 22.4. The van der Waals surface area contributed by atoms with Crippen LogP contribution in [0.25, 0.3) is 11.3 Å². The molecule has 8 heteroatoms. The van der Waals surface area contributed by atoms with Crippen molar-refractivity contribution in [2.75, 3.05) is 6.26 Å². The van der Waals surface area contributed by atoms with Crippen molar-refractivity contribution in [1.82, 2.24) is 9.55 Å². The van der Waals surface area contributed by atoms with Gasteiger partial charge in [0.25, 0.3) is 0 Å². The largest absolute Gasteiger partial charge is 0.434 e. The van der Waals surface area contributed by atoms with Gasteiger partial charge in [-0.3, -0.25) is 4.57 Å². The molecule has 1 heterocycles. The summed E-state index contributed by atoms with van der Waals surface area (Å²) in [5.74, 6) is 0.0225. The second-order valence-electron chi connectivity index (χ2n) is 5.15. The number of nitrogens with zero attached hydrogens (tertiary/aromatic N) is 2. The van der Waals surface area contributed by atoms with Gasteiger partial charge < -0.3 is 0 Å². The van der Waals surface area contributed by atoms with E-state index in [1.165, 1.54) is 47.1 Å². The van der Waals surface area contributed by atoms with Gasteiger partial charge in [-0.15, -0.1) is 0 Å². The molecule has 4 nitrogen and oxygen atoms in total. The van der Waals surface area contributed by atoms with Crippen LogP contribution in [0.4, 0.5) is 13.2 Å². The van der Waals surface area contributed by atoms with Gasteiger partial charge in [0.1, 0.15) is 5.82 Å². The normalized spacial score (nSPS) is 12.1. The van der Waals surface area contributed by atoms with Gasteiger partial charge in [0.15, 0.2) is 15.5 Å². The summed E-state index contributed by atoms with van der Waals surface area (Å²) in [5.41, 5.74) is -0.383. The standard InChI is InChI=1S/C17H15F3N2O2S.C2H6/c1-4-6-12(5-2)16-21-15(17(18,19)20)11-22(16)13-7-9-14(10-8-13)25(3,23)24;1-2/h4-11H,1-2H2,3H3;1-2H3/b12-6+;. The van der Waals surface area contributed by atoms with Gasteiger partial charge in [-0.05, 0) is 24.3 Å². The van der Waals surface area contributed by atoms with E-state index in [0.717, 1.165) is 12.5 Å². The Bertz CT molecular complexity index is 938. The van der Waals surface area contributed by atoms with Crippen molar-refractivity contribution in [2.45, 2.75) is 24.9 Å². The average Bonchev–Trinajstić information content (AvgIpc) is 3.06. The average molecular weight is 398 g/mol. The minimum Gasteiger partial charge on any atom is -0.299 e. The van der Waals surface area contributed by atoms with Crippen LogP contribution in [0.2, 0.25) is 0 Å². The molecule has 0 fully saturated rings. The minimum atomic E-state index is -4.62. The number of hydrogen-bond acceptors (Lipinski definition) is 3. The van der Waals surface area contributed by atoms with Crippen molar-refractivity contribution in [3.63, 3.8) is 0 Å². The Morgan fingerprint density at radius 3 is 2.11 bits per heavy atom. The Morgan fingerprint density at radius 1 is 1.15 bits per heavy atom. The van der Waals surface area contributed by atoms with E-state index in [2.05, 4.69) is 18.1 Å². The van der Waals surface area contributed by atoms with Crippen molar-refractivity contribution in [3.8, 4) is 5.69 Å². The first-order valence-corrected chi connectivity index (χ1v) is 9.89. The fourth-order valence-corrected chi connectivity index (χ4v) is 2.76. The molecule has 0 atom stereocenters. The lowest BCUT2D eigenvalue weighted by atomic mass is 10.2. The van der Waals surface area contributed by atoms with Crippen LogP contribution in [0.3, 0.4) is 0 Å². The molecule has 0 amide bonds. The summed E-state index contributed by atoms with van der Waals surface area (Å²) in [7, 11) is -3.41. The topological polar surface area (TPSA) is 52.0 Å².